The minimum absolute atomic E-state index is 0.164. The molecule has 0 saturated heterocycles. The summed E-state index contributed by atoms with van der Waals surface area (Å²) >= 11 is 12.2. The summed E-state index contributed by atoms with van der Waals surface area (Å²) in [6, 6.07) is 6.85. The van der Waals surface area contributed by atoms with Gasteiger partial charge in [-0.15, -0.1) is 0 Å². The van der Waals surface area contributed by atoms with Crippen molar-refractivity contribution < 1.29 is 4.79 Å². The minimum Gasteiger partial charge on any atom is -0.352 e. The first-order chi connectivity index (χ1) is 13.6. The summed E-state index contributed by atoms with van der Waals surface area (Å²) in [5, 5.41) is 3.98. The second-order valence-corrected chi connectivity index (χ2v) is 7.30. The van der Waals surface area contributed by atoms with Crippen LogP contribution in [0.25, 0.3) is 22.6 Å². The van der Waals surface area contributed by atoms with E-state index in [4.69, 9.17) is 23.2 Å². The third kappa shape index (κ3) is 4.01. The van der Waals surface area contributed by atoms with Crippen molar-refractivity contribution >= 4 is 46.5 Å². The van der Waals surface area contributed by atoms with Crippen LogP contribution in [0.15, 0.2) is 35.5 Å². The van der Waals surface area contributed by atoms with Crippen LogP contribution in [0.4, 0.5) is 0 Å². The molecule has 2 aromatic heterocycles. The van der Waals surface area contributed by atoms with Crippen molar-refractivity contribution in [1.82, 2.24) is 25.2 Å². The molecule has 4 rings (SSSR count). The Labute approximate surface area is 171 Å². The molecule has 144 valence electrons. The molecule has 1 amide bonds. The van der Waals surface area contributed by atoms with Crippen molar-refractivity contribution in [3.8, 4) is 11.4 Å². The highest BCUT2D eigenvalue weighted by Gasteiger charge is 2.16. The summed E-state index contributed by atoms with van der Waals surface area (Å²) < 4.78 is 0. The molecule has 28 heavy (non-hydrogen) atoms. The molecule has 1 aromatic carbocycles. The number of aliphatic imine (C=N–C) groups is 1. The average molecular weight is 417 g/mol. The number of hydrogen-bond acceptors (Lipinski definition) is 5. The molecule has 3 heterocycles. The summed E-state index contributed by atoms with van der Waals surface area (Å²) in [5.41, 5.74) is 2.23. The molecule has 1 aliphatic rings. The molecule has 0 unspecified atom stereocenters. The Bertz CT molecular complexity index is 1040. The lowest BCUT2D eigenvalue weighted by Gasteiger charge is -2.13. The van der Waals surface area contributed by atoms with Gasteiger partial charge >= 0.3 is 0 Å². The van der Waals surface area contributed by atoms with Gasteiger partial charge in [0.05, 0.1) is 22.8 Å². The number of aromatic amines is 1. The predicted molar refractivity (Wildman–Crippen MR) is 111 cm³/mol. The lowest BCUT2D eigenvalue weighted by atomic mass is 10.2. The number of hydrogen-bond donors (Lipinski definition) is 2. The zero-order chi connectivity index (χ0) is 19.5. The van der Waals surface area contributed by atoms with Gasteiger partial charge < -0.3 is 10.3 Å². The van der Waals surface area contributed by atoms with E-state index >= 15 is 0 Å². The van der Waals surface area contributed by atoms with Crippen molar-refractivity contribution in [1.29, 1.82) is 0 Å². The van der Waals surface area contributed by atoms with E-state index in [2.05, 4.69) is 30.2 Å². The Balaban J connectivity index is 1.49. The van der Waals surface area contributed by atoms with Gasteiger partial charge in [-0.1, -0.05) is 23.2 Å². The van der Waals surface area contributed by atoms with Crippen LogP contribution in [0.2, 0.25) is 10.0 Å². The fourth-order valence-corrected chi connectivity index (χ4v) is 3.57. The lowest BCUT2D eigenvalue weighted by Crippen LogP contribution is -2.29. The fraction of sp³-hybridized carbons (Fsp3) is 0.263. The smallest absolute Gasteiger partial charge is 0.253 e. The van der Waals surface area contributed by atoms with E-state index < -0.39 is 0 Å². The van der Waals surface area contributed by atoms with E-state index in [1.807, 2.05) is 6.21 Å². The van der Waals surface area contributed by atoms with Crippen LogP contribution >= 0.6 is 23.2 Å². The number of nitrogens with zero attached hydrogens (tertiary/aromatic N) is 4. The van der Waals surface area contributed by atoms with Crippen LogP contribution in [0.5, 0.6) is 0 Å². The first-order valence-corrected chi connectivity index (χ1v) is 9.66. The number of imidazole rings is 1. The molecule has 3 aromatic rings. The number of H-pyrrole nitrogens is 1. The molecule has 0 atom stereocenters. The van der Waals surface area contributed by atoms with Gasteiger partial charge in [0.25, 0.3) is 5.91 Å². The summed E-state index contributed by atoms with van der Waals surface area (Å²) in [5.74, 6) is 0.376. The third-order valence-electron chi connectivity index (χ3n) is 4.51. The van der Waals surface area contributed by atoms with Crippen LogP contribution in [0.3, 0.4) is 0 Å². The number of rotatable bonds is 6. The predicted octanol–water partition coefficient (Wildman–Crippen LogP) is 3.40. The Kier molecular flexibility index (Phi) is 5.57. The van der Waals surface area contributed by atoms with Crippen LogP contribution in [-0.4, -0.2) is 58.3 Å². The Morgan fingerprint density at radius 2 is 2.18 bits per heavy atom. The van der Waals surface area contributed by atoms with Gasteiger partial charge in [0, 0.05) is 42.6 Å². The number of fused-ring (bicyclic) bond motifs is 1. The molecule has 0 bridgehead atoms. The number of carbonyl (C=O) groups excluding carboxylic acids is 1. The molecule has 0 aliphatic carbocycles. The molecule has 9 heteroatoms. The topological polar surface area (TPSA) is 86.3 Å². The number of carbonyl (C=O) groups is 1. The standard InChI is InChI=1S/C19H18Cl2N6O/c20-12-2-3-13(15(21)10-12)17-25-16-14(4-6-23-18(16)26-17)19(28)24-5-1-8-27-9-7-22-11-27/h2-4,6-7,10H,1,5,8-9,11H2,(H,24,28)(H,23,25,26). The first kappa shape index (κ1) is 18.9. The van der Waals surface area contributed by atoms with Crippen LogP contribution < -0.4 is 5.32 Å². The second-order valence-electron chi connectivity index (χ2n) is 6.46. The van der Waals surface area contributed by atoms with Gasteiger partial charge in [-0.2, -0.15) is 0 Å². The van der Waals surface area contributed by atoms with Gasteiger partial charge in [0.15, 0.2) is 5.65 Å². The zero-order valence-corrected chi connectivity index (χ0v) is 16.5. The van der Waals surface area contributed by atoms with Gasteiger partial charge in [-0.25, -0.2) is 9.97 Å². The number of pyridine rings is 1. The summed E-state index contributed by atoms with van der Waals surface area (Å²) in [7, 11) is 0. The largest absolute Gasteiger partial charge is 0.352 e. The van der Waals surface area contributed by atoms with E-state index in [1.165, 1.54) is 0 Å². The molecule has 0 saturated carbocycles. The molecule has 0 spiro atoms. The van der Waals surface area contributed by atoms with E-state index in [0.29, 0.717) is 44.7 Å². The first-order valence-electron chi connectivity index (χ1n) is 8.91. The van der Waals surface area contributed by atoms with E-state index in [9.17, 15) is 4.79 Å². The van der Waals surface area contributed by atoms with Crippen LogP contribution in [-0.2, 0) is 0 Å². The molecule has 7 nitrogen and oxygen atoms in total. The highest BCUT2D eigenvalue weighted by Crippen LogP contribution is 2.30. The molecule has 0 radical (unpaired) electrons. The maximum atomic E-state index is 12.6. The van der Waals surface area contributed by atoms with Crippen molar-refractivity contribution in [2.75, 3.05) is 26.3 Å². The minimum atomic E-state index is -0.164. The van der Waals surface area contributed by atoms with Gasteiger partial charge in [0.1, 0.15) is 5.82 Å². The fourth-order valence-electron chi connectivity index (χ4n) is 3.08. The van der Waals surface area contributed by atoms with E-state index in [1.54, 1.807) is 30.5 Å². The van der Waals surface area contributed by atoms with Gasteiger partial charge in [0.2, 0.25) is 0 Å². The SMILES string of the molecule is O=C(NCCCN1CC=NC1)c1ccnc2nc(-c3ccc(Cl)cc3Cl)[nH]c12. The second kappa shape index (κ2) is 8.26. The van der Waals surface area contributed by atoms with Crippen molar-refractivity contribution in [2.45, 2.75) is 6.42 Å². The summed E-state index contributed by atoms with van der Waals surface area (Å²) in [6.45, 7) is 3.10. The highest BCUT2D eigenvalue weighted by atomic mass is 35.5. The number of nitrogens with one attached hydrogen (secondary N) is 2. The number of halogens is 2. The monoisotopic (exact) mass is 416 g/mol. The van der Waals surface area contributed by atoms with Crippen LogP contribution in [0, 0.1) is 0 Å². The maximum absolute atomic E-state index is 12.6. The number of amides is 1. The average Bonchev–Trinajstić information content (AvgIpc) is 3.34. The Hall–Kier alpha value is -2.48. The maximum Gasteiger partial charge on any atom is 0.253 e. The summed E-state index contributed by atoms with van der Waals surface area (Å²) in [6.07, 6.45) is 4.35. The molecule has 1 aliphatic heterocycles. The van der Waals surface area contributed by atoms with Crippen LogP contribution in [0.1, 0.15) is 16.8 Å². The zero-order valence-electron chi connectivity index (χ0n) is 15.0. The number of benzene rings is 1. The van der Waals surface area contributed by atoms with E-state index in [0.717, 1.165) is 26.2 Å². The third-order valence-corrected chi connectivity index (χ3v) is 5.06. The Morgan fingerprint density at radius 1 is 1.29 bits per heavy atom. The van der Waals surface area contributed by atoms with Crippen molar-refractivity contribution in [3.63, 3.8) is 0 Å². The van der Waals surface area contributed by atoms with Crippen molar-refractivity contribution in [3.05, 3.63) is 46.1 Å². The van der Waals surface area contributed by atoms with Gasteiger partial charge in [-0.3, -0.25) is 14.7 Å². The number of aromatic nitrogens is 3. The normalized spacial score (nSPS) is 14.1. The molecular formula is C19H18Cl2N6O. The van der Waals surface area contributed by atoms with Crippen molar-refractivity contribution in [2.24, 2.45) is 4.99 Å². The van der Waals surface area contributed by atoms with E-state index in [-0.39, 0.29) is 5.91 Å². The molecule has 2 N–H and O–H groups in total. The molecule has 0 fully saturated rings. The summed E-state index contributed by atoms with van der Waals surface area (Å²) in [4.78, 5) is 30.9. The highest BCUT2D eigenvalue weighted by molar-refractivity contribution is 6.36. The quantitative estimate of drug-likeness (QED) is 0.602. The Morgan fingerprint density at radius 3 is 2.96 bits per heavy atom. The molecular weight excluding hydrogens is 399 g/mol. The lowest BCUT2D eigenvalue weighted by molar-refractivity contribution is 0.0953. The van der Waals surface area contributed by atoms with Gasteiger partial charge in [-0.05, 0) is 30.7 Å².